The lowest BCUT2D eigenvalue weighted by Crippen LogP contribution is -2.41. The third kappa shape index (κ3) is 14.1. The van der Waals surface area contributed by atoms with Crippen LogP contribution in [-0.2, 0) is 14.3 Å². The number of anilines is 1. The Balaban J connectivity index is 2.11. The van der Waals surface area contributed by atoms with E-state index in [4.69, 9.17) is 10.5 Å². The van der Waals surface area contributed by atoms with Crippen LogP contribution in [0, 0.1) is 0 Å². The maximum atomic E-state index is 12.1. The summed E-state index contributed by atoms with van der Waals surface area (Å²) in [7, 11) is 0. The highest BCUT2D eigenvalue weighted by Crippen LogP contribution is 2.18. The molecule has 1 amide bonds. The van der Waals surface area contributed by atoms with Crippen LogP contribution >= 0.6 is 0 Å². The van der Waals surface area contributed by atoms with Crippen molar-refractivity contribution >= 4 is 17.6 Å². The standard InChI is InChI=1S/C25H39F3N2O4/c1-2-3-4-5-6-7-8-9-10-11-12-13-18-33-21-16-14-20(15-17-21)30-23(31)22(29)19-34-24(32)25(26,27)28/h14-17,22H,2-13,18-19,29H2,1H3,(H,30,31). The predicted molar refractivity (Wildman–Crippen MR) is 127 cm³/mol. The molecule has 0 aliphatic rings. The zero-order valence-electron chi connectivity index (χ0n) is 20.1. The summed E-state index contributed by atoms with van der Waals surface area (Å²) in [6.45, 7) is 1.98. The van der Waals surface area contributed by atoms with Crippen molar-refractivity contribution in [3.8, 4) is 5.75 Å². The molecule has 34 heavy (non-hydrogen) atoms. The van der Waals surface area contributed by atoms with Gasteiger partial charge >= 0.3 is 12.1 Å². The summed E-state index contributed by atoms with van der Waals surface area (Å²) in [6.07, 6.45) is 10.2. The van der Waals surface area contributed by atoms with E-state index in [0.29, 0.717) is 18.0 Å². The molecule has 0 bridgehead atoms. The van der Waals surface area contributed by atoms with E-state index in [0.717, 1.165) is 12.8 Å². The van der Waals surface area contributed by atoms with Crippen molar-refractivity contribution in [2.75, 3.05) is 18.5 Å². The molecule has 0 fully saturated rings. The van der Waals surface area contributed by atoms with Gasteiger partial charge in [-0.3, -0.25) is 4.79 Å². The van der Waals surface area contributed by atoms with Gasteiger partial charge in [-0.15, -0.1) is 0 Å². The van der Waals surface area contributed by atoms with Crippen molar-refractivity contribution in [1.29, 1.82) is 0 Å². The molecule has 0 spiro atoms. The number of ether oxygens (including phenoxy) is 2. The zero-order chi connectivity index (χ0) is 25.2. The van der Waals surface area contributed by atoms with Crippen molar-refractivity contribution in [1.82, 2.24) is 0 Å². The zero-order valence-corrected chi connectivity index (χ0v) is 20.1. The van der Waals surface area contributed by atoms with Gasteiger partial charge in [0.1, 0.15) is 18.4 Å². The molecule has 194 valence electrons. The van der Waals surface area contributed by atoms with Gasteiger partial charge < -0.3 is 20.5 Å². The van der Waals surface area contributed by atoms with E-state index in [1.807, 2.05) is 0 Å². The Kier molecular flexibility index (Phi) is 15.0. The van der Waals surface area contributed by atoms with Crippen LogP contribution in [-0.4, -0.2) is 37.3 Å². The van der Waals surface area contributed by atoms with Crippen molar-refractivity contribution < 1.29 is 32.2 Å². The minimum Gasteiger partial charge on any atom is -0.494 e. The Morgan fingerprint density at radius 2 is 1.38 bits per heavy atom. The van der Waals surface area contributed by atoms with Crippen LogP contribution in [0.25, 0.3) is 0 Å². The number of carbonyl (C=O) groups excluding carboxylic acids is 2. The molecule has 0 saturated carbocycles. The van der Waals surface area contributed by atoms with Gasteiger partial charge in [-0.1, -0.05) is 77.6 Å². The number of nitrogens with two attached hydrogens (primary N) is 1. The second-order valence-corrected chi connectivity index (χ2v) is 8.45. The summed E-state index contributed by atoms with van der Waals surface area (Å²) in [4.78, 5) is 22.6. The summed E-state index contributed by atoms with van der Waals surface area (Å²) >= 11 is 0. The first-order valence-corrected chi connectivity index (χ1v) is 12.3. The van der Waals surface area contributed by atoms with Crippen molar-refractivity contribution in [2.45, 2.75) is 96.2 Å². The van der Waals surface area contributed by atoms with Crippen LogP contribution in [0.3, 0.4) is 0 Å². The van der Waals surface area contributed by atoms with Crippen molar-refractivity contribution in [3.63, 3.8) is 0 Å². The van der Waals surface area contributed by atoms with Gasteiger partial charge in [-0.2, -0.15) is 13.2 Å². The molecule has 1 rings (SSSR count). The van der Waals surface area contributed by atoms with E-state index in [1.54, 1.807) is 24.3 Å². The second kappa shape index (κ2) is 17.2. The summed E-state index contributed by atoms with van der Waals surface area (Å²) in [5.74, 6) is -2.49. The van der Waals surface area contributed by atoms with E-state index in [2.05, 4.69) is 17.0 Å². The van der Waals surface area contributed by atoms with E-state index < -0.39 is 30.7 Å². The molecule has 1 aromatic rings. The fraction of sp³-hybridized carbons (Fsp3) is 0.680. The number of halogens is 3. The molecule has 6 nitrogen and oxygen atoms in total. The lowest BCUT2D eigenvalue weighted by Gasteiger charge is -2.14. The van der Waals surface area contributed by atoms with Crippen molar-refractivity contribution in [2.24, 2.45) is 5.73 Å². The number of amides is 1. The number of hydrogen-bond donors (Lipinski definition) is 2. The fourth-order valence-electron chi connectivity index (χ4n) is 3.33. The van der Waals surface area contributed by atoms with Crippen LogP contribution in [0.2, 0.25) is 0 Å². The summed E-state index contributed by atoms with van der Waals surface area (Å²) < 4.78 is 46.0. The molecule has 0 saturated heterocycles. The number of rotatable bonds is 18. The summed E-state index contributed by atoms with van der Waals surface area (Å²) in [6, 6.07) is 5.15. The van der Waals surface area contributed by atoms with E-state index in [-0.39, 0.29) is 0 Å². The Labute approximate surface area is 200 Å². The lowest BCUT2D eigenvalue weighted by atomic mass is 10.1. The number of carbonyl (C=O) groups is 2. The molecule has 1 atom stereocenters. The van der Waals surface area contributed by atoms with Gasteiger partial charge in [-0.05, 0) is 30.7 Å². The number of esters is 1. The third-order valence-electron chi connectivity index (χ3n) is 5.35. The van der Waals surface area contributed by atoms with Crippen LogP contribution < -0.4 is 15.8 Å². The molecule has 3 N–H and O–H groups in total. The number of hydrogen-bond acceptors (Lipinski definition) is 5. The molecule has 9 heteroatoms. The topological polar surface area (TPSA) is 90.7 Å². The SMILES string of the molecule is CCCCCCCCCCCCCCOc1ccc(NC(=O)C(N)COC(=O)C(F)(F)F)cc1. The fourth-order valence-corrected chi connectivity index (χ4v) is 3.33. The third-order valence-corrected chi connectivity index (χ3v) is 5.35. The molecular formula is C25H39F3N2O4. The maximum absolute atomic E-state index is 12.1. The van der Waals surface area contributed by atoms with Crippen LogP contribution in [0.5, 0.6) is 5.75 Å². The molecule has 1 unspecified atom stereocenters. The Morgan fingerprint density at radius 1 is 0.882 bits per heavy atom. The highest BCUT2D eigenvalue weighted by atomic mass is 19.4. The minimum atomic E-state index is -5.13. The Hall–Kier alpha value is -2.29. The smallest absolute Gasteiger partial charge is 0.490 e. The summed E-state index contributed by atoms with van der Waals surface area (Å²) in [5.41, 5.74) is 5.87. The molecule has 0 heterocycles. The number of unbranched alkanes of at least 4 members (excludes halogenated alkanes) is 11. The van der Waals surface area contributed by atoms with Crippen LogP contribution in [0.4, 0.5) is 18.9 Å². The quantitative estimate of drug-likeness (QED) is 0.191. The molecule has 1 aromatic carbocycles. The van der Waals surface area contributed by atoms with E-state index in [9.17, 15) is 22.8 Å². The first-order chi connectivity index (χ1) is 16.2. The molecule has 0 aliphatic heterocycles. The van der Waals surface area contributed by atoms with Gasteiger partial charge in [0, 0.05) is 5.69 Å². The highest BCUT2D eigenvalue weighted by Gasteiger charge is 2.41. The van der Waals surface area contributed by atoms with Crippen LogP contribution in [0.15, 0.2) is 24.3 Å². The van der Waals surface area contributed by atoms with Crippen LogP contribution in [0.1, 0.15) is 84.0 Å². The first kappa shape index (κ1) is 29.7. The van der Waals surface area contributed by atoms with Gasteiger partial charge in [0.25, 0.3) is 0 Å². The van der Waals surface area contributed by atoms with E-state index >= 15 is 0 Å². The number of nitrogens with one attached hydrogen (secondary N) is 1. The molecular weight excluding hydrogens is 449 g/mol. The van der Waals surface area contributed by atoms with Gasteiger partial charge in [-0.25, -0.2) is 4.79 Å². The lowest BCUT2D eigenvalue weighted by molar-refractivity contribution is -0.200. The Morgan fingerprint density at radius 3 is 1.88 bits per heavy atom. The molecule has 0 aliphatic carbocycles. The van der Waals surface area contributed by atoms with Gasteiger partial charge in [0.2, 0.25) is 5.91 Å². The predicted octanol–water partition coefficient (Wildman–Crippen LogP) is 6.14. The average molecular weight is 489 g/mol. The monoisotopic (exact) mass is 488 g/mol. The average Bonchev–Trinajstić information content (AvgIpc) is 2.80. The minimum absolute atomic E-state index is 0.403. The van der Waals surface area contributed by atoms with Gasteiger partial charge in [0.15, 0.2) is 0 Å². The maximum Gasteiger partial charge on any atom is 0.490 e. The first-order valence-electron chi connectivity index (χ1n) is 12.3. The Bertz CT molecular complexity index is 696. The second-order valence-electron chi connectivity index (χ2n) is 8.45. The molecule has 0 aromatic heterocycles. The van der Waals surface area contributed by atoms with Gasteiger partial charge in [0.05, 0.1) is 6.61 Å². The number of benzene rings is 1. The normalized spacial score (nSPS) is 12.3. The van der Waals surface area contributed by atoms with E-state index in [1.165, 1.54) is 64.2 Å². The number of alkyl halides is 3. The highest BCUT2D eigenvalue weighted by molar-refractivity contribution is 5.95. The van der Waals surface area contributed by atoms with Crippen molar-refractivity contribution in [3.05, 3.63) is 24.3 Å². The molecule has 0 radical (unpaired) electrons. The largest absolute Gasteiger partial charge is 0.494 e. The summed E-state index contributed by atoms with van der Waals surface area (Å²) in [5, 5.41) is 2.46.